The van der Waals surface area contributed by atoms with Crippen LogP contribution in [0.3, 0.4) is 0 Å². The smallest absolute Gasteiger partial charge is 0.234 e. The van der Waals surface area contributed by atoms with E-state index < -0.39 is 0 Å². The van der Waals surface area contributed by atoms with Crippen LogP contribution in [-0.2, 0) is 19.1 Å². The molecule has 8 nitrogen and oxygen atoms in total. The van der Waals surface area contributed by atoms with Gasteiger partial charge in [0.05, 0.1) is 33.0 Å². The third-order valence-corrected chi connectivity index (χ3v) is 3.39. The molecule has 1 aliphatic rings. The molecule has 1 aliphatic heterocycles. The highest BCUT2D eigenvalue weighted by Gasteiger charge is 2.19. The van der Waals surface area contributed by atoms with Crippen molar-refractivity contribution in [2.75, 3.05) is 72.2 Å². The van der Waals surface area contributed by atoms with Crippen LogP contribution in [0.2, 0.25) is 0 Å². The van der Waals surface area contributed by atoms with Gasteiger partial charge in [0.2, 0.25) is 11.8 Å². The lowest BCUT2D eigenvalue weighted by atomic mass is 10.3. The Hall–Kier alpha value is -1.22. The summed E-state index contributed by atoms with van der Waals surface area (Å²) < 4.78 is 10.5. The Kier molecular flexibility index (Phi) is 21.9. The summed E-state index contributed by atoms with van der Waals surface area (Å²) in [6.45, 7) is 16.1. The molecule has 1 heterocycles. The quantitative estimate of drug-likeness (QED) is 0.540. The zero-order valence-corrected chi connectivity index (χ0v) is 18.1. The first-order chi connectivity index (χ1) is 13.0. The van der Waals surface area contributed by atoms with E-state index in [1.807, 2.05) is 13.8 Å². The van der Waals surface area contributed by atoms with Gasteiger partial charge in [-0.15, -0.1) is 0 Å². The zero-order valence-electron chi connectivity index (χ0n) is 18.1. The molecule has 8 heteroatoms. The van der Waals surface area contributed by atoms with Gasteiger partial charge in [-0.25, -0.2) is 0 Å². The predicted molar refractivity (Wildman–Crippen MR) is 114 cm³/mol. The summed E-state index contributed by atoms with van der Waals surface area (Å²) in [5, 5.41) is 2.82. The van der Waals surface area contributed by atoms with E-state index in [1.54, 1.807) is 11.8 Å². The second-order valence-corrected chi connectivity index (χ2v) is 5.85. The van der Waals surface area contributed by atoms with E-state index in [0.717, 1.165) is 13.1 Å². The van der Waals surface area contributed by atoms with Gasteiger partial charge in [0.1, 0.15) is 0 Å². The van der Waals surface area contributed by atoms with Crippen molar-refractivity contribution < 1.29 is 21.9 Å². The average Bonchev–Trinajstić information content (AvgIpc) is 2.66. The van der Waals surface area contributed by atoms with Gasteiger partial charge in [-0.1, -0.05) is 34.1 Å². The lowest BCUT2D eigenvalue weighted by Crippen LogP contribution is -2.50. The van der Waals surface area contributed by atoms with Gasteiger partial charge in [-0.2, -0.15) is 0 Å². The summed E-state index contributed by atoms with van der Waals surface area (Å²) >= 11 is 0. The maximum atomic E-state index is 11.8. The number of hydrogen-bond donors (Lipinski definition) is 2. The standard InChI is InChI=1S/C14H28N4O4.C3H8.C2H6.2H2/c1-13(19)18-6-4-17(5-7-18)12-14(20)16-3-9-22-11-10-21-8-2-15;1-3-2;1-2;;/h2-12,15H2,1H3,(H,16,20);3H2,1-2H3;1-2H3;2*1H. The Morgan fingerprint density at radius 2 is 1.52 bits per heavy atom. The first-order valence-electron chi connectivity index (χ1n) is 10.1. The molecule has 1 rings (SSSR count). The average molecular weight is 395 g/mol. The van der Waals surface area contributed by atoms with Gasteiger partial charge in [0.15, 0.2) is 0 Å². The minimum absolute atomic E-state index is 0. The molecule has 0 aromatic carbocycles. The fourth-order valence-corrected chi connectivity index (χ4v) is 2.15. The normalized spacial score (nSPS) is 13.8. The number of carbonyl (C=O) groups is 2. The minimum atomic E-state index is -0.0146. The van der Waals surface area contributed by atoms with Crippen LogP contribution in [0.4, 0.5) is 0 Å². The van der Waals surface area contributed by atoms with Crippen LogP contribution >= 0.6 is 0 Å². The topological polar surface area (TPSA) is 97.1 Å². The number of hydrogen-bond acceptors (Lipinski definition) is 6. The molecule has 1 saturated heterocycles. The molecule has 166 valence electrons. The molecule has 0 aliphatic carbocycles. The number of carbonyl (C=O) groups excluding carboxylic acids is 2. The van der Waals surface area contributed by atoms with Gasteiger partial charge in [-0.3, -0.25) is 14.5 Å². The largest absolute Gasteiger partial charge is 0.378 e. The fourth-order valence-electron chi connectivity index (χ4n) is 2.15. The number of nitrogens with one attached hydrogen (secondary N) is 1. The molecule has 0 saturated carbocycles. The Bertz CT molecular complexity index is 359. The maximum Gasteiger partial charge on any atom is 0.234 e. The van der Waals surface area contributed by atoms with Crippen molar-refractivity contribution in [2.24, 2.45) is 5.73 Å². The second-order valence-electron chi connectivity index (χ2n) is 5.85. The number of piperazine rings is 1. The maximum absolute atomic E-state index is 11.8. The van der Waals surface area contributed by atoms with Crippen molar-refractivity contribution in [3.05, 3.63) is 0 Å². The molecular weight excluding hydrogens is 348 g/mol. The van der Waals surface area contributed by atoms with E-state index in [2.05, 4.69) is 24.1 Å². The molecule has 0 atom stereocenters. The summed E-state index contributed by atoms with van der Waals surface area (Å²) in [5.41, 5.74) is 5.29. The minimum Gasteiger partial charge on any atom is -0.378 e. The Balaban J connectivity index is -0.000000407. The van der Waals surface area contributed by atoms with E-state index in [-0.39, 0.29) is 14.7 Å². The molecule has 0 aromatic heterocycles. The second kappa shape index (κ2) is 21.1. The van der Waals surface area contributed by atoms with Crippen LogP contribution in [-0.4, -0.2) is 93.9 Å². The predicted octanol–water partition coefficient (Wildman–Crippen LogP) is 1.19. The summed E-state index contributed by atoms with van der Waals surface area (Å²) in [7, 11) is 0. The van der Waals surface area contributed by atoms with Crippen molar-refractivity contribution in [3.63, 3.8) is 0 Å². The number of amides is 2. The molecule has 0 spiro atoms. The van der Waals surface area contributed by atoms with Crippen LogP contribution in [0.15, 0.2) is 0 Å². The van der Waals surface area contributed by atoms with Gasteiger partial charge in [-0.05, 0) is 0 Å². The Labute approximate surface area is 168 Å². The first-order valence-corrected chi connectivity index (χ1v) is 10.1. The molecule has 0 bridgehead atoms. The molecule has 1 fully saturated rings. The van der Waals surface area contributed by atoms with Crippen LogP contribution in [0, 0.1) is 0 Å². The number of rotatable bonds is 10. The Morgan fingerprint density at radius 1 is 1.00 bits per heavy atom. The lowest BCUT2D eigenvalue weighted by molar-refractivity contribution is -0.131. The molecular formula is C19H46N4O4. The third kappa shape index (κ3) is 17.9. The highest BCUT2D eigenvalue weighted by Crippen LogP contribution is 2.01. The molecule has 0 unspecified atom stereocenters. The molecule has 0 radical (unpaired) electrons. The van der Waals surface area contributed by atoms with E-state index in [1.165, 1.54) is 6.42 Å². The summed E-state index contributed by atoms with van der Waals surface area (Å²) in [6.07, 6.45) is 1.25. The Morgan fingerprint density at radius 3 is 2.00 bits per heavy atom. The lowest BCUT2D eigenvalue weighted by Gasteiger charge is -2.33. The molecule has 3 N–H and O–H groups in total. The van der Waals surface area contributed by atoms with Crippen LogP contribution in [0.25, 0.3) is 0 Å². The van der Waals surface area contributed by atoms with Gasteiger partial charge >= 0.3 is 0 Å². The summed E-state index contributed by atoms with van der Waals surface area (Å²) in [4.78, 5) is 26.8. The zero-order chi connectivity index (χ0) is 20.9. The van der Waals surface area contributed by atoms with Crippen molar-refractivity contribution in [2.45, 2.75) is 41.0 Å². The highest BCUT2D eigenvalue weighted by atomic mass is 16.5. The summed E-state index contributed by atoms with van der Waals surface area (Å²) in [6, 6.07) is 0. The van der Waals surface area contributed by atoms with Crippen molar-refractivity contribution in [3.8, 4) is 0 Å². The van der Waals surface area contributed by atoms with E-state index >= 15 is 0 Å². The van der Waals surface area contributed by atoms with E-state index in [4.69, 9.17) is 15.2 Å². The third-order valence-electron chi connectivity index (χ3n) is 3.39. The number of nitrogens with zero attached hydrogens (tertiary/aromatic N) is 2. The van der Waals surface area contributed by atoms with Crippen molar-refractivity contribution >= 4 is 11.8 Å². The summed E-state index contributed by atoms with van der Waals surface area (Å²) in [5.74, 6) is 0.0796. The van der Waals surface area contributed by atoms with E-state index in [9.17, 15) is 9.59 Å². The van der Waals surface area contributed by atoms with Crippen molar-refractivity contribution in [1.82, 2.24) is 15.1 Å². The van der Waals surface area contributed by atoms with Crippen molar-refractivity contribution in [1.29, 1.82) is 0 Å². The SMILES string of the molecule is CC.CC(=O)N1CCN(CC(=O)NCCOCCOCCN)CC1.CCC.[HH].[HH]. The van der Waals surface area contributed by atoms with Gasteiger partial charge < -0.3 is 25.4 Å². The molecule has 27 heavy (non-hydrogen) atoms. The van der Waals surface area contributed by atoms with Crippen LogP contribution in [0.5, 0.6) is 0 Å². The van der Waals surface area contributed by atoms with Crippen LogP contribution < -0.4 is 11.1 Å². The van der Waals surface area contributed by atoms with Gasteiger partial charge in [0, 0.05) is 49.0 Å². The monoisotopic (exact) mass is 394 g/mol. The van der Waals surface area contributed by atoms with Crippen LogP contribution in [0.1, 0.15) is 43.9 Å². The first kappa shape index (κ1) is 28.0. The van der Waals surface area contributed by atoms with E-state index in [0.29, 0.717) is 59.2 Å². The fraction of sp³-hybridized carbons (Fsp3) is 0.895. The number of ether oxygens (including phenoxy) is 2. The van der Waals surface area contributed by atoms with Gasteiger partial charge in [0.25, 0.3) is 0 Å². The highest BCUT2D eigenvalue weighted by molar-refractivity contribution is 5.78. The molecule has 2 amide bonds. The number of nitrogens with two attached hydrogens (primary N) is 1. The molecule has 0 aromatic rings.